The molecule has 1 aromatic rings. The molecule has 1 amide bonds. The largest absolute Gasteiger partial charge is 0.378 e. The lowest BCUT2D eigenvalue weighted by atomic mass is 10.0. The highest BCUT2D eigenvalue weighted by Gasteiger charge is 2.27. The Hall–Kier alpha value is -1.77. The quantitative estimate of drug-likeness (QED) is 0.752. The highest BCUT2D eigenvalue weighted by molar-refractivity contribution is 5.77. The maximum atomic E-state index is 12.5. The molecule has 0 aliphatic carbocycles. The third-order valence-electron chi connectivity index (χ3n) is 5.45. The summed E-state index contributed by atoms with van der Waals surface area (Å²) in [6.07, 6.45) is 5.84. The SMILES string of the molecule is O=C(COC[C@@H]1CCCCO1)N1CCc2c(ncnc2N2CCOCC2)C1. The first-order chi connectivity index (χ1) is 13.3. The minimum atomic E-state index is 0.0167. The smallest absolute Gasteiger partial charge is 0.248 e. The summed E-state index contributed by atoms with van der Waals surface area (Å²) in [7, 11) is 0. The van der Waals surface area contributed by atoms with Crippen LogP contribution in [0.1, 0.15) is 30.5 Å². The number of fused-ring (bicyclic) bond motifs is 1. The summed E-state index contributed by atoms with van der Waals surface area (Å²) in [5.41, 5.74) is 2.11. The lowest BCUT2D eigenvalue weighted by molar-refractivity contribution is -0.139. The van der Waals surface area contributed by atoms with Crippen molar-refractivity contribution < 1.29 is 19.0 Å². The Balaban J connectivity index is 1.31. The molecule has 0 bridgehead atoms. The Bertz CT molecular complexity index is 645. The number of ether oxygens (including phenoxy) is 3. The molecule has 0 saturated carbocycles. The highest BCUT2D eigenvalue weighted by Crippen LogP contribution is 2.26. The molecular formula is C19H28N4O4. The summed E-state index contributed by atoms with van der Waals surface area (Å²) in [5, 5.41) is 0. The summed E-state index contributed by atoms with van der Waals surface area (Å²) < 4.78 is 16.7. The third kappa shape index (κ3) is 4.56. The van der Waals surface area contributed by atoms with Crippen molar-refractivity contribution in [2.24, 2.45) is 0 Å². The second kappa shape index (κ2) is 8.95. The predicted octanol–water partition coefficient (Wildman–Crippen LogP) is 0.784. The summed E-state index contributed by atoms with van der Waals surface area (Å²) in [6.45, 7) is 5.77. The van der Waals surface area contributed by atoms with Gasteiger partial charge < -0.3 is 24.0 Å². The molecule has 1 atom stereocenters. The molecule has 3 aliphatic rings. The maximum Gasteiger partial charge on any atom is 0.248 e. The zero-order valence-corrected chi connectivity index (χ0v) is 15.8. The van der Waals surface area contributed by atoms with Crippen LogP contribution < -0.4 is 4.90 Å². The van der Waals surface area contributed by atoms with Crippen LogP contribution in [0.15, 0.2) is 6.33 Å². The van der Waals surface area contributed by atoms with E-state index in [1.165, 1.54) is 12.0 Å². The Morgan fingerprint density at radius 3 is 2.89 bits per heavy atom. The fourth-order valence-electron chi connectivity index (χ4n) is 3.91. The van der Waals surface area contributed by atoms with Gasteiger partial charge in [-0.25, -0.2) is 9.97 Å². The highest BCUT2D eigenvalue weighted by atomic mass is 16.5. The number of carbonyl (C=O) groups excluding carboxylic acids is 1. The van der Waals surface area contributed by atoms with Crippen molar-refractivity contribution in [1.82, 2.24) is 14.9 Å². The number of morpholine rings is 1. The molecule has 4 rings (SSSR count). The van der Waals surface area contributed by atoms with Gasteiger partial charge in [0.25, 0.3) is 0 Å². The molecule has 148 valence electrons. The molecule has 8 nitrogen and oxygen atoms in total. The van der Waals surface area contributed by atoms with E-state index >= 15 is 0 Å². The molecule has 0 N–H and O–H groups in total. The molecule has 27 heavy (non-hydrogen) atoms. The van der Waals surface area contributed by atoms with E-state index in [1.807, 2.05) is 4.90 Å². The van der Waals surface area contributed by atoms with Crippen LogP contribution in [-0.4, -0.2) is 79.5 Å². The standard InChI is InChI=1S/C19H28N4O4/c24-18(13-26-12-15-3-1-2-8-27-15)23-5-4-16-17(11-23)20-14-21-19(16)22-6-9-25-10-7-22/h14-15H,1-13H2/t15-/m0/s1. The van der Waals surface area contributed by atoms with E-state index in [0.29, 0.717) is 19.7 Å². The molecule has 2 fully saturated rings. The number of nitrogens with zero attached hydrogens (tertiary/aromatic N) is 4. The van der Waals surface area contributed by atoms with Crippen molar-refractivity contribution in [1.29, 1.82) is 0 Å². The van der Waals surface area contributed by atoms with E-state index in [2.05, 4.69) is 14.9 Å². The summed E-state index contributed by atoms with van der Waals surface area (Å²) >= 11 is 0. The number of carbonyl (C=O) groups is 1. The van der Waals surface area contributed by atoms with Crippen molar-refractivity contribution in [3.8, 4) is 0 Å². The molecule has 0 unspecified atom stereocenters. The van der Waals surface area contributed by atoms with Crippen LogP contribution in [0.3, 0.4) is 0 Å². The number of hydrogen-bond donors (Lipinski definition) is 0. The van der Waals surface area contributed by atoms with E-state index in [-0.39, 0.29) is 18.6 Å². The number of hydrogen-bond acceptors (Lipinski definition) is 7. The third-order valence-corrected chi connectivity index (χ3v) is 5.45. The van der Waals surface area contributed by atoms with Crippen LogP contribution >= 0.6 is 0 Å². The second-order valence-electron chi connectivity index (χ2n) is 7.29. The van der Waals surface area contributed by atoms with Crippen LogP contribution in [0.5, 0.6) is 0 Å². The van der Waals surface area contributed by atoms with Gasteiger partial charge in [-0.3, -0.25) is 4.79 Å². The van der Waals surface area contributed by atoms with Crippen molar-refractivity contribution >= 4 is 11.7 Å². The van der Waals surface area contributed by atoms with Gasteiger partial charge in [-0.05, 0) is 25.7 Å². The van der Waals surface area contributed by atoms with Gasteiger partial charge in [0.2, 0.25) is 5.91 Å². The average Bonchev–Trinajstić information content (AvgIpc) is 2.74. The molecule has 8 heteroatoms. The van der Waals surface area contributed by atoms with Crippen molar-refractivity contribution in [2.75, 3.05) is 57.6 Å². The Labute approximate surface area is 159 Å². The van der Waals surface area contributed by atoms with Gasteiger partial charge >= 0.3 is 0 Å². The molecule has 0 aromatic carbocycles. The van der Waals surface area contributed by atoms with Gasteiger partial charge in [-0.2, -0.15) is 0 Å². The van der Waals surface area contributed by atoms with Gasteiger partial charge in [0.1, 0.15) is 18.8 Å². The van der Waals surface area contributed by atoms with Gasteiger partial charge in [-0.1, -0.05) is 0 Å². The Kier molecular flexibility index (Phi) is 6.16. The molecule has 1 aromatic heterocycles. The maximum absolute atomic E-state index is 12.5. The Morgan fingerprint density at radius 2 is 2.07 bits per heavy atom. The van der Waals surface area contributed by atoms with Crippen LogP contribution in [0.2, 0.25) is 0 Å². The topological polar surface area (TPSA) is 77.0 Å². The molecule has 0 radical (unpaired) electrons. The minimum absolute atomic E-state index is 0.0167. The van der Waals surface area contributed by atoms with Crippen molar-refractivity contribution in [2.45, 2.75) is 38.3 Å². The fourth-order valence-corrected chi connectivity index (χ4v) is 3.91. The fraction of sp³-hybridized carbons (Fsp3) is 0.737. The van der Waals surface area contributed by atoms with Gasteiger partial charge in [-0.15, -0.1) is 0 Å². The summed E-state index contributed by atoms with van der Waals surface area (Å²) in [4.78, 5) is 25.6. The zero-order valence-electron chi connectivity index (χ0n) is 15.8. The molecule has 3 aliphatic heterocycles. The molecule has 2 saturated heterocycles. The number of aromatic nitrogens is 2. The van der Waals surface area contributed by atoms with Gasteiger partial charge in [0.15, 0.2) is 0 Å². The van der Waals surface area contributed by atoms with Crippen LogP contribution in [0.25, 0.3) is 0 Å². The monoisotopic (exact) mass is 376 g/mol. The molecule has 4 heterocycles. The van der Waals surface area contributed by atoms with Crippen LogP contribution in [0, 0.1) is 0 Å². The lowest BCUT2D eigenvalue weighted by Gasteiger charge is -2.33. The van der Waals surface area contributed by atoms with Gasteiger partial charge in [0, 0.05) is 31.8 Å². The van der Waals surface area contributed by atoms with E-state index in [9.17, 15) is 4.79 Å². The number of amides is 1. The van der Waals surface area contributed by atoms with Crippen LogP contribution in [-0.2, 0) is 32.0 Å². The first kappa shape index (κ1) is 18.6. The normalized spacial score (nSPS) is 23.2. The first-order valence-corrected chi connectivity index (χ1v) is 9.94. The van der Waals surface area contributed by atoms with Crippen LogP contribution in [0.4, 0.5) is 5.82 Å². The van der Waals surface area contributed by atoms with Crippen molar-refractivity contribution in [3.63, 3.8) is 0 Å². The Morgan fingerprint density at radius 1 is 1.19 bits per heavy atom. The van der Waals surface area contributed by atoms with E-state index < -0.39 is 0 Å². The molecular weight excluding hydrogens is 348 g/mol. The zero-order chi connectivity index (χ0) is 18.5. The van der Waals surface area contributed by atoms with Crippen molar-refractivity contribution in [3.05, 3.63) is 17.6 Å². The average molecular weight is 376 g/mol. The van der Waals surface area contributed by atoms with E-state index in [1.54, 1.807) is 6.33 Å². The van der Waals surface area contributed by atoms with E-state index in [0.717, 1.165) is 63.7 Å². The lowest BCUT2D eigenvalue weighted by Crippen LogP contribution is -2.41. The first-order valence-electron chi connectivity index (χ1n) is 9.94. The summed E-state index contributed by atoms with van der Waals surface area (Å²) in [6, 6.07) is 0. The summed E-state index contributed by atoms with van der Waals surface area (Å²) in [5.74, 6) is 1.02. The predicted molar refractivity (Wildman–Crippen MR) is 98.6 cm³/mol. The van der Waals surface area contributed by atoms with Gasteiger partial charge in [0.05, 0.1) is 38.2 Å². The number of rotatable bonds is 5. The molecule has 0 spiro atoms. The minimum Gasteiger partial charge on any atom is -0.378 e. The van der Waals surface area contributed by atoms with E-state index in [4.69, 9.17) is 14.2 Å². The number of anilines is 1. The second-order valence-corrected chi connectivity index (χ2v) is 7.29.